The highest BCUT2D eigenvalue weighted by molar-refractivity contribution is 6.28. The topological polar surface area (TPSA) is 72.0 Å². The van der Waals surface area contributed by atoms with Crippen LogP contribution in [0.25, 0.3) is 0 Å². The molecule has 0 radical (unpaired) electrons. The summed E-state index contributed by atoms with van der Waals surface area (Å²) in [6.07, 6.45) is 2.29. The fourth-order valence-corrected chi connectivity index (χ4v) is 1.91. The van der Waals surface area contributed by atoms with Crippen LogP contribution >= 0.6 is 11.6 Å². The van der Waals surface area contributed by atoms with E-state index in [-0.39, 0.29) is 5.28 Å². The number of halogens is 1. The second kappa shape index (κ2) is 5.97. The highest BCUT2D eigenvalue weighted by atomic mass is 35.5. The summed E-state index contributed by atoms with van der Waals surface area (Å²) in [6, 6.07) is 0. The molecule has 0 aromatic carbocycles. The number of hydrogen-bond donors (Lipinski definition) is 2. The molecule has 1 aliphatic heterocycles. The molecule has 0 amide bonds. The van der Waals surface area contributed by atoms with Crippen LogP contribution in [0, 0.1) is 5.92 Å². The van der Waals surface area contributed by atoms with E-state index in [0.29, 0.717) is 17.8 Å². The lowest BCUT2D eigenvalue weighted by Gasteiger charge is -2.22. The summed E-state index contributed by atoms with van der Waals surface area (Å²) >= 11 is 5.78. The molecule has 1 aromatic rings. The fraction of sp³-hybridized carbons (Fsp3) is 0.700. The number of anilines is 2. The van der Waals surface area contributed by atoms with Gasteiger partial charge in [-0.2, -0.15) is 15.0 Å². The maximum atomic E-state index is 5.78. The summed E-state index contributed by atoms with van der Waals surface area (Å²) in [6.45, 7) is 2.46. The zero-order chi connectivity index (χ0) is 12.1. The summed E-state index contributed by atoms with van der Waals surface area (Å²) < 4.78 is 5.41. The van der Waals surface area contributed by atoms with Crippen molar-refractivity contribution in [2.45, 2.75) is 12.8 Å². The largest absolute Gasteiger partial charge is 0.381 e. The third-order valence-electron chi connectivity index (χ3n) is 2.64. The Hall–Kier alpha value is -1.14. The Morgan fingerprint density at radius 1 is 1.35 bits per heavy atom. The standard InChI is InChI=1S/C10H16ClN5O/c1-12-9-14-8(11)15-10(16-9)13-5-7-3-2-4-17-6-7/h7H,2-6H2,1H3,(H2,12,13,14,15,16). The number of aromatic nitrogens is 3. The van der Waals surface area contributed by atoms with Crippen molar-refractivity contribution in [1.29, 1.82) is 0 Å². The molecule has 0 saturated carbocycles. The summed E-state index contributed by atoms with van der Waals surface area (Å²) in [5, 5.41) is 6.18. The van der Waals surface area contributed by atoms with Gasteiger partial charge in [-0.05, 0) is 30.4 Å². The molecule has 2 N–H and O–H groups in total. The van der Waals surface area contributed by atoms with E-state index >= 15 is 0 Å². The molecule has 1 aromatic heterocycles. The molecule has 94 valence electrons. The third kappa shape index (κ3) is 3.67. The van der Waals surface area contributed by atoms with Gasteiger partial charge in [0, 0.05) is 20.2 Å². The van der Waals surface area contributed by atoms with Crippen molar-refractivity contribution in [1.82, 2.24) is 15.0 Å². The van der Waals surface area contributed by atoms with Crippen molar-refractivity contribution in [2.24, 2.45) is 5.92 Å². The van der Waals surface area contributed by atoms with Gasteiger partial charge in [0.05, 0.1) is 6.61 Å². The molecule has 0 bridgehead atoms. The maximum absolute atomic E-state index is 5.78. The van der Waals surface area contributed by atoms with E-state index < -0.39 is 0 Å². The zero-order valence-corrected chi connectivity index (χ0v) is 10.5. The summed E-state index contributed by atoms with van der Waals surface area (Å²) in [5.41, 5.74) is 0. The molecular weight excluding hydrogens is 242 g/mol. The van der Waals surface area contributed by atoms with Crippen molar-refractivity contribution in [3.8, 4) is 0 Å². The minimum Gasteiger partial charge on any atom is -0.381 e. The van der Waals surface area contributed by atoms with Crippen LogP contribution in [0.15, 0.2) is 0 Å². The first kappa shape index (κ1) is 12.3. The van der Waals surface area contributed by atoms with Crippen molar-refractivity contribution >= 4 is 23.5 Å². The van der Waals surface area contributed by atoms with Crippen LogP contribution in [0.2, 0.25) is 5.28 Å². The Kier molecular flexibility index (Phi) is 4.33. The summed E-state index contributed by atoms with van der Waals surface area (Å²) in [7, 11) is 1.74. The molecule has 1 saturated heterocycles. The molecule has 0 aliphatic carbocycles. The highest BCUT2D eigenvalue weighted by Crippen LogP contribution is 2.15. The third-order valence-corrected chi connectivity index (χ3v) is 2.80. The lowest BCUT2D eigenvalue weighted by atomic mass is 10.0. The van der Waals surface area contributed by atoms with Crippen LogP contribution in [-0.4, -0.2) is 41.8 Å². The van der Waals surface area contributed by atoms with Gasteiger partial charge in [0.1, 0.15) is 0 Å². The lowest BCUT2D eigenvalue weighted by Crippen LogP contribution is -2.25. The molecule has 2 heterocycles. The van der Waals surface area contributed by atoms with Crippen molar-refractivity contribution < 1.29 is 4.74 Å². The van der Waals surface area contributed by atoms with E-state index in [0.717, 1.165) is 26.2 Å². The van der Waals surface area contributed by atoms with Crippen molar-refractivity contribution in [2.75, 3.05) is 37.4 Å². The van der Waals surface area contributed by atoms with Crippen LogP contribution in [0.3, 0.4) is 0 Å². The fourth-order valence-electron chi connectivity index (χ4n) is 1.74. The van der Waals surface area contributed by atoms with Gasteiger partial charge >= 0.3 is 0 Å². The molecule has 0 spiro atoms. The van der Waals surface area contributed by atoms with Gasteiger partial charge in [0.2, 0.25) is 17.2 Å². The minimum atomic E-state index is 0.187. The molecule has 2 rings (SSSR count). The van der Waals surface area contributed by atoms with Crippen molar-refractivity contribution in [3.05, 3.63) is 5.28 Å². The normalized spacial score (nSPS) is 20.0. The smallest absolute Gasteiger partial charge is 0.228 e. The van der Waals surface area contributed by atoms with E-state index in [9.17, 15) is 0 Å². The minimum absolute atomic E-state index is 0.187. The predicted molar refractivity (Wildman–Crippen MR) is 66.4 cm³/mol. The van der Waals surface area contributed by atoms with Gasteiger partial charge in [-0.15, -0.1) is 0 Å². The SMILES string of the molecule is CNc1nc(Cl)nc(NCC2CCCOC2)n1. The summed E-state index contributed by atoms with van der Waals surface area (Å²) in [5.74, 6) is 1.48. The first-order valence-electron chi connectivity index (χ1n) is 5.69. The molecule has 17 heavy (non-hydrogen) atoms. The monoisotopic (exact) mass is 257 g/mol. The van der Waals surface area contributed by atoms with Gasteiger partial charge in [-0.3, -0.25) is 0 Å². The second-order valence-electron chi connectivity index (χ2n) is 3.97. The molecule has 1 aliphatic rings. The van der Waals surface area contributed by atoms with Gasteiger partial charge in [-0.1, -0.05) is 0 Å². The first-order valence-corrected chi connectivity index (χ1v) is 6.06. The Bertz CT molecular complexity index is 370. The number of ether oxygens (including phenoxy) is 1. The Balaban J connectivity index is 1.91. The summed E-state index contributed by atoms with van der Waals surface area (Å²) in [4.78, 5) is 12.1. The van der Waals surface area contributed by atoms with Crippen molar-refractivity contribution in [3.63, 3.8) is 0 Å². The van der Waals surface area contributed by atoms with Gasteiger partial charge in [-0.25, -0.2) is 0 Å². The van der Waals surface area contributed by atoms with Crippen LogP contribution in [0.5, 0.6) is 0 Å². The second-order valence-corrected chi connectivity index (χ2v) is 4.30. The van der Waals surface area contributed by atoms with Crippen LogP contribution in [-0.2, 0) is 4.74 Å². The Morgan fingerprint density at radius 2 is 2.18 bits per heavy atom. The average molecular weight is 258 g/mol. The predicted octanol–water partition coefficient (Wildman–Crippen LogP) is 1.41. The zero-order valence-electron chi connectivity index (χ0n) is 9.74. The van der Waals surface area contributed by atoms with Gasteiger partial charge in [0.25, 0.3) is 0 Å². The number of nitrogens with zero attached hydrogens (tertiary/aromatic N) is 3. The molecule has 1 fully saturated rings. The molecule has 1 unspecified atom stereocenters. The lowest BCUT2D eigenvalue weighted by molar-refractivity contribution is 0.0594. The molecular formula is C10H16ClN5O. The van der Waals surface area contributed by atoms with E-state index in [1.165, 1.54) is 6.42 Å². The van der Waals surface area contributed by atoms with Gasteiger partial charge < -0.3 is 15.4 Å². The molecule has 6 nitrogen and oxygen atoms in total. The quantitative estimate of drug-likeness (QED) is 0.850. The highest BCUT2D eigenvalue weighted by Gasteiger charge is 2.14. The average Bonchev–Trinajstić information content (AvgIpc) is 2.37. The van der Waals surface area contributed by atoms with E-state index in [1.807, 2.05) is 0 Å². The number of nitrogens with one attached hydrogen (secondary N) is 2. The van der Waals surface area contributed by atoms with E-state index in [2.05, 4.69) is 25.6 Å². The molecule has 7 heteroatoms. The number of hydrogen-bond acceptors (Lipinski definition) is 6. The number of rotatable bonds is 4. The van der Waals surface area contributed by atoms with Crippen LogP contribution in [0.1, 0.15) is 12.8 Å². The molecule has 1 atom stereocenters. The Labute approximate surface area is 105 Å². The van der Waals surface area contributed by atoms with Crippen LogP contribution < -0.4 is 10.6 Å². The van der Waals surface area contributed by atoms with Crippen LogP contribution in [0.4, 0.5) is 11.9 Å². The van der Waals surface area contributed by atoms with Gasteiger partial charge in [0.15, 0.2) is 0 Å². The first-order chi connectivity index (χ1) is 8.28. The van der Waals surface area contributed by atoms with E-state index in [1.54, 1.807) is 7.05 Å². The van der Waals surface area contributed by atoms with E-state index in [4.69, 9.17) is 16.3 Å². The Morgan fingerprint density at radius 3 is 2.88 bits per heavy atom. The maximum Gasteiger partial charge on any atom is 0.228 e.